The Balaban J connectivity index is 1.97. The predicted octanol–water partition coefficient (Wildman–Crippen LogP) is 1.47. The molecule has 18 heavy (non-hydrogen) atoms. The lowest BCUT2D eigenvalue weighted by Gasteiger charge is -2.20. The number of rotatable bonds is 3. The Morgan fingerprint density at radius 1 is 1.61 bits per heavy atom. The number of aliphatic hydroxyl groups is 1. The van der Waals surface area contributed by atoms with Gasteiger partial charge in [0.1, 0.15) is 11.4 Å². The summed E-state index contributed by atoms with van der Waals surface area (Å²) in [5.74, 6) is -0.773. The second-order valence-electron chi connectivity index (χ2n) is 4.34. The van der Waals surface area contributed by atoms with E-state index in [2.05, 4.69) is 21.2 Å². The maximum Gasteiger partial charge on any atom is 0.251 e. The minimum absolute atomic E-state index is 0.126. The quantitative estimate of drug-likeness (QED) is 0.887. The molecule has 1 aliphatic heterocycles. The summed E-state index contributed by atoms with van der Waals surface area (Å²) in [5.41, 5.74) is -0.654. The van der Waals surface area contributed by atoms with E-state index in [-0.39, 0.29) is 23.5 Å². The number of ether oxygens (including phenoxy) is 1. The van der Waals surface area contributed by atoms with Crippen molar-refractivity contribution >= 4 is 21.8 Å². The highest BCUT2D eigenvalue weighted by Crippen LogP contribution is 2.19. The first-order valence-electron chi connectivity index (χ1n) is 5.54. The van der Waals surface area contributed by atoms with Crippen molar-refractivity contribution in [3.8, 4) is 0 Å². The van der Waals surface area contributed by atoms with Gasteiger partial charge in [-0.25, -0.2) is 4.39 Å². The molecule has 1 fully saturated rings. The van der Waals surface area contributed by atoms with Gasteiger partial charge in [-0.15, -0.1) is 0 Å². The van der Waals surface area contributed by atoms with Crippen molar-refractivity contribution in [2.45, 2.75) is 12.0 Å². The summed E-state index contributed by atoms with van der Waals surface area (Å²) < 4.78 is 18.3. The summed E-state index contributed by atoms with van der Waals surface area (Å²) in [7, 11) is 0. The van der Waals surface area contributed by atoms with Crippen LogP contribution in [0.15, 0.2) is 22.7 Å². The molecule has 1 heterocycles. The van der Waals surface area contributed by atoms with E-state index in [1.807, 2.05) is 0 Å². The van der Waals surface area contributed by atoms with Gasteiger partial charge in [0.15, 0.2) is 0 Å². The van der Waals surface area contributed by atoms with Crippen LogP contribution in [0, 0.1) is 5.82 Å². The first kappa shape index (κ1) is 13.5. The molecule has 1 aliphatic rings. The summed E-state index contributed by atoms with van der Waals surface area (Å²) in [6.07, 6.45) is 0.500. The molecule has 2 rings (SSSR count). The van der Waals surface area contributed by atoms with Crippen molar-refractivity contribution in [1.82, 2.24) is 5.32 Å². The fourth-order valence-electron chi connectivity index (χ4n) is 1.72. The predicted molar refractivity (Wildman–Crippen MR) is 66.8 cm³/mol. The van der Waals surface area contributed by atoms with E-state index in [1.54, 1.807) is 0 Å². The Morgan fingerprint density at radius 2 is 2.39 bits per heavy atom. The van der Waals surface area contributed by atoms with E-state index in [0.29, 0.717) is 18.6 Å². The molecule has 1 amide bonds. The molecule has 1 aromatic carbocycles. The van der Waals surface area contributed by atoms with E-state index in [1.165, 1.54) is 18.2 Å². The number of benzene rings is 1. The molecular formula is C12H13BrFNO3. The van der Waals surface area contributed by atoms with Crippen molar-refractivity contribution < 1.29 is 19.0 Å². The normalized spacial score (nSPS) is 23.1. The van der Waals surface area contributed by atoms with E-state index in [4.69, 9.17) is 4.74 Å². The number of amides is 1. The largest absolute Gasteiger partial charge is 0.386 e. The Hall–Kier alpha value is -0.980. The molecule has 0 spiro atoms. The fraction of sp³-hybridized carbons (Fsp3) is 0.417. The Labute approximate surface area is 112 Å². The Kier molecular flexibility index (Phi) is 3.99. The molecule has 0 aliphatic carbocycles. The highest BCUT2D eigenvalue weighted by molar-refractivity contribution is 9.10. The summed E-state index contributed by atoms with van der Waals surface area (Å²) in [4.78, 5) is 11.8. The van der Waals surface area contributed by atoms with Gasteiger partial charge < -0.3 is 15.2 Å². The smallest absolute Gasteiger partial charge is 0.251 e. The average Bonchev–Trinajstić information content (AvgIpc) is 2.77. The fourth-order valence-corrected chi connectivity index (χ4v) is 2.10. The van der Waals surface area contributed by atoms with Crippen LogP contribution in [0.2, 0.25) is 0 Å². The van der Waals surface area contributed by atoms with Crippen molar-refractivity contribution in [2.24, 2.45) is 0 Å². The molecule has 0 radical (unpaired) electrons. The number of halogens is 2. The first-order valence-corrected chi connectivity index (χ1v) is 6.33. The van der Waals surface area contributed by atoms with Crippen LogP contribution < -0.4 is 5.32 Å². The van der Waals surface area contributed by atoms with Crippen LogP contribution in [-0.4, -0.2) is 36.4 Å². The molecule has 98 valence electrons. The third-order valence-corrected chi connectivity index (χ3v) is 3.45. The van der Waals surface area contributed by atoms with Gasteiger partial charge >= 0.3 is 0 Å². The highest BCUT2D eigenvalue weighted by atomic mass is 79.9. The molecular weight excluding hydrogens is 305 g/mol. The standard InChI is InChI=1S/C12H13BrFNO3/c13-9-5-8(1-2-10(9)14)11(16)15-6-12(17)3-4-18-7-12/h1-2,5,17H,3-4,6-7H2,(H,15,16). The van der Waals surface area contributed by atoms with Crippen LogP contribution in [0.3, 0.4) is 0 Å². The van der Waals surface area contributed by atoms with Crippen molar-refractivity contribution in [3.63, 3.8) is 0 Å². The van der Waals surface area contributed by atoms with Gasteiger partial charge in [0.25, 0.3) is 5.91 Å². The zero-order chi connectivity index (χ0) is 13.2. The number of hydrogen-bond acceptors (Lipinski definition) is 3. The third kappa shape index (κ3) is 3.07. The van der Waals surface area contributed by atoms with Gasteiger partial charge in [0.05, 0.1) is 11.1 Å². The summed E-state index contributed by atoms with van der Waals surface area (Å²) in [6, 6.07) is 4.01. The summed E-state index contributed by atoms with van der Waals surface area (Å²) in [5, 5.41) is 12.6. The second kappa shape index (κ2) is 5.34. The molecule has 1 atom stereocenters. The number of carbonyl (C=O) groups excluding carboxylic acids is 1. The van der Waals surface area contributed by atoms with Crippen molar-refractivity contribution in [2.75, 3.05) is 19.8 Å². The number of carbonyl (C=O) groups is 1. The lowest BCUT2D eigenvalue weighted by atomic mass is 10.0. The zero-order valence-corrected chi connectivity index (χ0v) is 11.2. The van der Waals surface area contributed by atoms with E-state index >= 15 is 0 Å². The van der Waals surface area contributed by atoms with E-state index in [0.717, 1.165) is 0 Å². The lowest BCUT2D eigenvalue weighted by molar-refractivity contribution is 0.0264. The molecule has 1 saturated heterocycles. The Bertz CT molecular complexity index is 461. The van der Waals surface area contributed by atoms with E-state index in [9.17, 15) is 14.3 Å². The van der Waals surface area contributed by atoms with Crippen LogP contribution in [0.25, 0.3) is 0 Å². The lowest BCUT2D eigenvalue weighted by Crippen LogP contribution is -2.43. The van der Waals surface area contributed by atoms with Crippen molar-refractivity contribution in [3.05, 3.63) is 34.1 Å². The topological polar surface area (TPSA) is 58.6 Å². The monoisotopic (exact) mass is 317 g/mol. The molecule has 0 saturated carbocycles. The maximum atomic E-state index is 13.0. The number of nitrogens with one attached hydrogen (secondary N) is 1. The van der Waals surface area contributed by atoms with Gasteiger partial charge in [-0.3, -0.25) is 4.79 Å². The molecule has 2 N–H and O–H groups in total. The first-order chi connectivity index (χ1) is 8.50. The zero-order valence-electron chi connectivity index (χ0n) is 9.58. The molecule has 0 aromatic heterocycles. The third-order valence-electron chi connectivity index (χ3n) is 2.84. The summed E-state index contributed by atoms with van der Waals surface area (Å²) >= 11 is 3.02. The summed E-state index contributed by atoms with van der Waals surface area (Å²) in [6.45, 7) is 0.843. The van der Waals surface area contributed by atoms with Crippen molar-refractivity contribution in [1.29, 1.82) is 0 Å². The molecule has 0 bridgehead atoms. The molecule has 1 aromatic rings. The number of hydrogen-bond donors (Lipinski definition) is 2. The Morgan fingerprint density at radius 3 is 3.00 bits per heavy atom. The van der Waals surface area contributed by atoms with Gasteiger partial charge in [-0.1, -0.05) is 0 Å². The SMILES string of the molecule is O=C(NCC1(O)CCOC1)c1ccc(F)c(Br)c1. The van der Waals surface area contributed by atoms with Gasteiger partial charge in [-0.05, 0) is 34.1 Å². The molecule has 6 heteroatoms. The van der Waals surface area contributed by atoms with Gasteiger partial charge in [0, 0.05) is 25.1 Å². The minimum atomic E-state index is -0.993. The second-order valence-corrected chi connectivity index (χ2v) is 5.19. The van der Waals surface area contributed by atoms with Crippen LogP contribution >= 0.6 is 15.9 Å². The highest BCUT2D eigenvalue weighted by Gasteiger charge is 2.32. The minimum Gasteiger partial charge on any atom is -0.386 e. The van der Waals surface area contributed by atoms with Crippen LogP contribution in [-0.2, 0) is 4.74 Å². The van der Waals surface area contributed by atoms with Gasteiger partial charge in [-0.2, -0.15) is 0 Å². The van der Waals surface area contributed by atoms with E-state index < -0.39 is 11.4 Å². The molecule has 1 unspecified atom stereocenters. The van der Waals surface area contributed by atoms with Crippen LogP contribution in [0.4, 0.5) is 4.39 Å². The average molecular weight is 318 g/mol. The maximum absolute atomic E-state index is 13.0. The van der Waals surface area contributed by atoms with Gasteiger partial charge in [0.2, 0.25) is 0 Å². The molecule has 4 nitrogen and oxygen atoms in total. The van der Waals surface area contributed by atoms with Crippen LogP contribution in [0.1, 0.15) is 16.8 Å². The van der Waals surface area contributed by atoms with Crippen LogP contribution in [0.5, 0.6) is 0 Å².